The molecule has 0 amide bonds. The molecule has 0 saturated carbocycles. The maximum Gasteiger partial charge on any atom is 0.332 e. The molecule has 2 N–H and O–H groups in total. The molecule has 74 valence electrons. The second kappa shape index (κ2) is 3.79. The molecule has 0 atom stereocenters. The Morgan fingerprint density at radius 3 is 2.71 bits per heavy atom. The number of hydrogen-bond acceptors (Lipinski definition) is 4. The Morgan fingerprint density at radius 1 is 1.57 bits per heavy atom. The third kappa shape index (κ3) is 1.52. The Hall–Kier alpha value is -2.03. The van der Waals surface area contributed by atoms with E-state index in [1.807, 2.05) is 0 Å². The topological polar surface area (TPSA) is 93.8 Å². The van der Waals surface area contributed by atoms with Crippen molar-refractivity contribution >= 4 is 5.69 Å². The summed E-state index contributed by atoms with van der Waals surface area (Å²) in [7, 11) is 0. The van der Waals surface area contributed by atoms with Crippen LogP contribution in [0.2, 0.25) is 0 Å². The van der Waals surface area contributed by atoms with Crippen LogP contribution in [0.4, 0.5) is 5.69 Å². The van der Waals surface area contributed by atoms with Gasteiger partial charge in [0.05, 0.1) is 6.07 Å². The van der Waals surface area contributed by atoms with Crippen LogP contribution >= 0.6 is 0 Å². The molecule has 0 aliphatic heterocycles. The quantitative estimate of drug-likeness (QED) is 0.662. The van der Waals surface area contributed by atoms with Crippen LogP contribution in [-0.4, -0.2) is 9.13 Å². The van der Waals surface area contributed by atoms with E-state index in [-0.39, 0.29) is 12.2 Å². The van der Waals surface area contributed by atoms with Crippen LogP contribution in [0.3, 0.4) is 0 Å². The van der Waals surface area contributed by atoms with Crippen molar-refractivity contribution in [1.29, 1.82) is 5.26 Å². The summed E-state index contributed by atoms with van der Waals surface area (Å²) in [6, 6.07) is 1.74. The first-order valence-electron chi connectivity index (χ1n) is 4.08. The Kier molecular flexibility index (Phi) is 2.72. The standard InChI is InChI=1S/C8H10N4O2/c1-2-11-5-6(10)7(13)12(4-3-9)8(11)14/h5H,2,4,10H2,1H3. The number of aromatic nitrogens is 2. The maximum absolute atomic E-state index is 11.5. The number of anilines is 1. The average molecular weight is 194 g/mol. The molecule has 6 nitrogen and oxygen atoms in total. The van der Waals surface area contributed by atoms with Crippen molar-refractivity contribution in [2.45, 2.75) is 20.0 Å². The lowest BCUT2D eigenvalue weighted by Crippen LogP contribution is -2.40. The van der Waals surface area contributed by atoms with Crippen molar-refractivity contribution < 1.29 is 0 Å². The zero-order valence-electron chi connectivity index (χ0n) is 7.73. The Balaban J connectivity index is 3.55. The van der Waals surface area contributed by atoms with Crippen LogP contribution in [-0.2, 0) is 13.1 Å². The van der Waals surface area contributed by atoms with Gasteiger partial charge in [-0.15, -0.1) is 0 Å². The molecule has 1 rings (SSSR count). The summed E-state index contributed by atoms with van der Waals surface area (Å²) in [5.41, 5.74) is 4.25. The molecule has 0 fully saturated rings. The molecule has 6 heteroatoms. The zero-order chi connectivity index (χ0) is 10.7. The number of rotatable bonds is 2. The summed E-state index contributed by atoms with van der Waals surface area (Å²) in [5.74, 6) is 0. The van der Waals surface area contributed by atoms with Gasteiger partial charge in [-0.25, -0.2) is 9.36 Å². The fourth-order valence-electron chi connectivity index (χ4n) is 1.11. The fourth-order valence-corrected chi connectivity index (χ4v) is 1.11. The van der Waals surface area contributed by atoms with Crippen molar-refractivity contribution in [1.82, 2.24) is 9.13 Å². The van der Waals surface area contributed by atoms with Crippen molar-refractivity contribution in [3.63, 3.8) is 0 Å². The highest BCUT2D eigenvalue weighted by Gasteiger charge is 2.07. The first-order chi connectivity index (χ1) is 6.61. The largest absolute Gasteiger partial charge is 0.393 e. The lowest BCUT2D eigenvalue weighted by molar-refractivity contribution is 0.612. The van der Waals surface area contributed by atoms with Gasteiger partial charge < -0.3 is 5.73 Å². The Morgan fingerprint density at radius 2 is 2.21 bits per heavy atom. The van der Waals surface area contributed by atoms with E-state index in [1.54, 1.807) is 13.0 Å². The molecule has 0 spiro atoms. The molecule has 0 aliphatic carbocycles. The van der Waals surface area contributed by atoms with E-state index in [0.717, 1.165) is 4.57 Å². The minimum atomic E-state index is -0.610. The number of nitrogen functional groups attached to an aromatic ring is 1. The first kappa shape index (κ1) is 10.1. The highest BCUT2D eigenvalue weighted by atomic mass is 16.2. The van der Waals surface area contributed by atoms with Crippen molar-refractivity contribution in [2.75, 3.05) is 5.73 Å². The molecule has 1 aromatic heterocycles. The summed E-state index contributed by atoms with van der Waals surface area (Å²) in [5, 5.41) is 8.42. The predicted molar refractivity (Wildman–Crippen MR) is 50.7 cm³/mol. The third-order valence-corrected chi connectivity index (χ3v) is 1.83. The number of nitrogens with zero attached hydrogens (tertiary/aromatic N) is 3. The van der Waals surface area contributed by atoms with Crippen LogP contribution < -0.4 is 17.0 Å². The van der Waals surface area contributed by atoms with Gasteiger partial charge in [0, 0.05) is 12.7 Å². The highest BCUT2D eigenvalue weighted by Crippen LogP contribution is 1.88. The van der Waals surface area contributed by atoms with Gasteiger partial charge >= 0.3 is 5.69 Å². The summed E-state index contributed by atoms with van der Waals surface area (Å²) < 4.78 is 2.10. The predicted octanol–water partition coefficient (Wildman–Crippen LogP) is -0.864. The average Bonchev–Trinajstić information content (AvgIpc) is 2.18. The SMILES string of the molecule is CCn1cc(N)c(=O)n(CC#N)c1=O. The number of aryl methyl sites for hydroxylation is 1. The van der Waals surface area contributed by atoms with Crippen molar-refractivity contribution in [3.05, 3.63) is 27.0 Å². The monoisotopic (exact) mass is 194 g/mol. The maximum atomic E-state index is 11.5. The van der Waals surface area contributed by atoms with Gasteiger partial charge in [0.25, 0.3) is 5.56 Å². The number of hydrogen-bond donors (Lipinski definition) is 1. The van der Waals surface area contributed by atoms with E-state index >= 15 is 0 Å². The summed E-state index contributed by atoms with van der Waals surface area (Å²) in [6.45, 7) is 1.89. The highest BCUT2D eigenvalue weighted by molar-refractivity contribution is 5.31. The van der Waals surface area contributed by atoms with Crippen LogP contribution in [0.15, 0.2) is 15.8 Å². The second-order valence-corrected chi connectivity index (χ2v) is 2.70. The molecule has 14 heavy (non-hydrogen) atoms. The Bertz CT molecular complexity index is 492. The first-order valence-corrected chi connectivity index (χ1v) is 4.08. The minimum absolute atomic E-state index is 0.0262. The van der Waals surface area contributed by atoms with Gasteiger partial charge in [-0.3, -0.25) is 9.36 Å². The smallest absolute Gasteiger partial charge is 0.332 e. The van der Waals surface area contributed by atoms with Crippen LogP contribution in [0.1, 0.15) is 6.92 Å². The molecule has 0 unspecified atom stereocenters. The molecule has 0 aromatic carbocycles. The molecule has 0 bridgehead atoms. The van der Waals surface area contributed by atoms with Gasteiger partial charge in [-0.1, -0.05) is 0 Å². The molecular formula is C8H10N4O2. The van der Waals surface area contributed by atoms with Gasteiger partial charge in [0.1, 0.15) is 12.2 Å². The summed E-state index contributed by atoms with van der Waals surface area (Å²) in [4.78, 5) is 22.8. The lowest BCUT2D eigenvalue weighted by Gasteiger charge is -2.06. The van der Waals surface area contributed by atoms with E-state index < -0.39 is 11.2 Å². The van der Waals surface area contributed by atoms with E-state index in [2.05, 4.69) is 0 Å². The Labute approximate surface area is 79.8 Å². The van der Waals surface area contributed by atoms with Crippen LogP contribution in [0, 0.1) is 11.3 Å². The van der Waals surface area contributed by atoms with E-state index in [9.17, 15) is 9.59 Å². The van der Waals surface area contributed by atoms with Crippen molar-refractivity contribution in [2.24, 2.45) is 0 Å². The molecule has 1 heterocycles. The number of nitriles is 1. The van der Waals surface area contributed by atoms with Gasteiger partial charge in [-0.05, 0) is 6.92 Å². The van der Waals surface area contributed by atoms with Crippen molar-refractivity contribution in [3.8, 4) is 6.07 Å². The van der Waals surface area contributed by atoms with Gasteiger partial charge in [-0.2, -0.15) is 5.26 Å². The van der Waals surface area contributed by atoms with E-state index in [1.165, 1.54) is 10.8 Å². The molecular weight excluding hydrogens is 184 g/mol. The van der Waals surface area contributed by atoms with E-state index in [0.29, 0.717) is 6.54 Å². The van der Waals surface area contributed by atoms with Gasteiger partial charge in [0.2, 0.25) is 0 Å². The molecule has 1 aromatic rings. The van der Waals surface area contributed by atoms with Gasteiger partial charge in [0.15, 0.2) is 0 Å². The summed E-state index contributed by atoms with van der Waals surface area (Å²) >= 11 is 0. The van der Waals surface area contributed by atoms with Crippen LogP contribution in [0.5, 0.6) is 0 Å². The van der Waals surface area contributed by atoms with Crippen LogP contribution in [0.25, 0.3) is 0 Å². The third-order valence-electron chi connectivity index (χ3n) is 1.83. The normalized spacial score (nSPS) is 9.71. The summed E-state index contributed by atoms with van der Waals surface area (Å²) in [6.07, 6.45) is 1.29. The molecule has 0 aliphatic rings. The zero-order valence-corrected chi connectivity index (χ0v) is 7.73. The van der Waals surface area contributed by atoms with E-state index in [4.69, 9.17) is 11.0 Å². The molecule has 0 saturated heterocycles. The minimum Gasteiger partial charge on any atom is -0.393 e. The number of nitrogens with two attached hydrogens (primary N) is 1. The lowest BCUT2D eigenvalue weighted by atomic mass is 10.5. The second-order valence-electron chi connectivity index (χ2n) is 2.70. The fraction of sp³-hybridized carbons (Fsp3) is 0.375. The molecule has 0 radical (unpaired) electrons.